The van der Waals surface area contributed by atoms with Crippen molar-refractivity contribution in [2.75, 3.05) is 0 Å². The highest BCUT2D eigenvalue weighted by Gasteiger charge is 2.20. The van der Waals surface area contributed by atoms with Crippen LogP contribution in [0, 0.1) is 0 Å². The lowest BCUT2D eigenvalue weighted by molar-refractivity contribution is 0.273. The van der Waals surface area contributed by atoms with Crippen molar-refractivity contribution in [3.63, 3.8) is 0 Å². The molecule has 0 radical (unpaired) electrons. The van der Waals surface area contributed by atoms with Crippen LogP contribution in [0.1, 0.15) is 38.1 Å². The molecule has 114 valence electrons. The van der Waals surface area contributed by atoms with Crippen molar-refractivity contribution >= 4 is 23.2 Å². The number of aliphatic hydroxyl groups excluding tert-OH is 1. The van der Waals surface area contributed by atoms with E-state index in [0.717, 1.165) is 5.56 Å². The van der Waals surface area contributed by atoms with Gasteiger partial charge in [-0.1, -0.05) is 30.1 Å². The van der Waals surface area contributed by atoms with E-state index in [9.17, 15) is 5.11 Å². The van der Waals surface area contributed by atoms with Gasteiger partial charge in [-0.3, -0.25) is 0 Å². The predicted molar refractivity (Wildman–Crippen MR) is 84.4 cm³/mol. The first-order chi connectivity index (χ1) is 9.96. The number of nitrogens with zero attached hydrogens (tertiary/aromatic N) is 2. The largest absolute Gasteiger partial charge is 0.439 e. The summed E-state index contributed by atoms with van der Waals surface area (Å²) in [6.07, 6.45) is 0.715. The van der Waals surface area contributed by atoms with Gasteiger partial charge >= 0.3 is 0 Å². The highest BCUT2D eigenvalue weighted by molar-refractivity contribution is 6.34. The zero-order chi connectivity index (χ0) is 15.6. The molecule has 0 saturated heterocycles. The molecule has 0 saturated carbocycles. The second-order valence-corrected chi connectivity index (χ2v) is 5.86. The van der Waals surface area contributed by atoms with Crippen LogP contribution in [-0.4, -0.2) is 14.9 Å². The minimum absolute atomic E-state index is 0.111. The summed E-state index contributed by atoms with van der Waals surface area (Å²) in [5, 5.41) is 14.9. The number of hydrogen-bond acceptors (Lipinski definition) is 3. The Hall–Kier alpha value is -1.23. The highest BCUT2D eigenvalue weighted by atomic mass is 35.5. The summed E-state index contributed by atoms with van der Waals surface area (Å²) >= 11 is 12.0. The Bertz CT molecular complexity index is 619. The molecule has 0 aliphatic heterocycles. The molecule has 0 fully saturated rings. The van der Waals surface area contributed by atoms with Crippen LogP contribution in [-0.2, 0) is 13.0 Å². The van der Waals surface area contributed by atoms with Crippen molar-refractivity contribution < 1.29 is 9.84 Å². The van der Waals surface area contributed by atoms with E-state index in [0.29, 0.717) is 33.8 Å². The van der Waals surface area contributed by atoms with Crippen LogP contribution in [0.5, 0.6) is 11.6 Å². The maximum Gasteiger partial charge on any atom is 0.221 e. The Labute approximate surface area is 134 Å². The lowest BCUT2D eigenvalue weighted by atomic mass is 10.2. The molecule has 0 amide bonds. The van der Waals surface area contributed by atoms with Gasteiger partial charge < -0.3 is 9.84 Å². The van der Waals surface area contributed by atoms with Gasteiger partial charge in [-0.15, -0.1) is 0 Å². The van der Waals surface area contributed by atoms with E-state index in [1.54, 1.807) is 22.9 Å². The van der Waals surface area contributed by atoms with Gasteiger partial charge in [0.05, 0.1) is 18.3 Å². The van der Waals surface area contributed by atoms with Gasteiger partial charge in [0, 0.05) is 15.6 Å². The van der Waals surface area contributed by atoms with Crippen molar-refractivity contribution in [3.8, 4) is 11.6 Å². The predicted octanol–water partition coefficient (Wildman–Crippen LogP) is 4.62. The van der Waals surface area contributed by atoms with Gasteiger partial charge in [-0.25, -0.2) is 4.68 Å². The molecule has 2 aromatic rings. The smallest absolute Gasteiger partial charge is 0.221 e. The Kier molecular flexibility index (Phi) is 5.14. The quantitative estimate of drug-likeness (QED) is 0.871. The molecule has 0 spiro atoms. The summed E-state index contributed by atoms with van der Waals surface area (Å²) in [6, 6.07) is 5.15. The second-order valence-electron chi connectivity index (χ2n) is 4.99. The van der Waals surface area contributed by atoms with Crippen LogP contribution < -0.4 is 4.74 Å². The molecule has 4 nitrogen and oxygen atoms in total. The molecule has 1 heterocycles. The Balaban J connectivity index is 2.48. The highest BCUT2D eigenvalue weighted by Crippen LogP contribution is 2.33. The number of aromatic nitrogens is 2. The molecule has 0 unspecified atom stereocenters. The maximum atomic E-state index is 9.45. The maximum absolute atomic E-state index is 9.45. The first kappa shape index (κ1) is 16.1. The summed E-state index contributed by atoms with van der Waals surface area (Å²) in [5.74, 6) is 1.17. The van der Waals surface area contributed by atoms with E-state index in [2.05, 4.69) is 5.10 Å². The molecule has 6 heteroatoms. The van der Waals surface area contributed by atoms with E-state index in [1.807, 2.05) is 20.8 Å². The standard InChI is InChI=1S/C15H18Cl2N2O2/c1-4-13-14(8-20)18-19(9(2)3)15(13)21-12-6-10(16)5-11(17)7-12/h5-7,9,20H,4,8H2,1-3H3. The number of aliphatic hydroxyl groups is 1. The van der Waals surface area contributed by atoms with Crippen LogP contribution in [0.4, 0.5) is 0 Å². The fourth-order valence-electron chi connectivity index (χ4n) is 2.14. The first-order valence-electron chi connectivity index (χ1n) is 6.81. The second kappa shape index (κ2) is 6.69. The summed E-state index contributed by atoms with van der Waals surface area (Å²) in [6.45, 7) is 5.89. The Morgan fingerprint density at radius 2 is 1.86 bits per heavy atom. The van der Waals surface area contributed by atoms with Gasteiger partial charge in [0.2, 0.25) is 5.88 Å². The molecule has 0 aliphatic rings. The van der Waals surface area contributed by atoms with Crippen LogP contribution in [0.2, 0.25) is 10.0 Å². The number of hydrogen-bond donors (Lipinski definition) is 1. The minimum Gasteiger partial charge on any atom is -0.439 e. The van der Waals surface area contributed by atoms with E-state index in [4.69, 9.17) is 27.9 Å². The van der Waals surface area contributed by atoms with Crippen molar-refractivity contribution in [3.05, 3.63) is 39.5 Å². The van der Waals surface area contributed by atoms with Crippen molar-refractivity contribution in [2.45, 2.75) is 39.8 Å². The Morgan fingerprint density at radius 1 is 1.24 bits per heavy atom. The first-order valence-corrected chi connectivity index (χ1v) is 7.56. The topological polar surface area (TPSA) is 47.3 Å². The van der Waals surface area contributed by atoms with Crippen LogP contribution in [0.25, 0.3) is 0 Å². The fourth-order valence-corrected chi connectivity index (χ4v) is 2.64. The normalized spacial score (nSPS) is 11.2. The summed E-state index contributed by atoms with van der Waals surface area (Å²) in [5.41, 5.74) is 1.52. The fraction of sp³-hybridized carbons (Fsp3) is 0.400. The van der Waals surface area contributed by atoms with Gasteiger partial charge in [0.1, 0.15) is 5.75 Å². The molecule has 2 rings (SSSR count). The van der Waals surface area contributed by atoms with E-state index >= 15 is 0 Å². The van der Waals surface area contributed by atoms with Crippen molar-refractivity contribution in [1.82, 2.24) is 9.78 Å². The third-order valence-electron chi connectivity index (χ3n) is 3.09. The van der Waals surface area contributed by atoms with E-state index in [1.165, 1.54) is 0 Å². The molecule has 1 aromatic carbocycles. The minimum atomic E-state index is -0.116. The number of ether oxygens (including phenoxy) is 1. The zero-order valence-corrected chi connectivity index (χ0v) is 13.7. The summed E-state index contributed by atoms with van der Waals surface area (Å²) in [7, 11) is 0. The number of rotatable bonds is 5. The molecule has 1 aromatic heterocycles. The molecule has 1 N–H and O–H groups in total. The molecule has 21 heavy (non-hydrogen) atoms. The van der Waals surface area contributed by atoms with Crippen LogP contribution >= 0.6 is 23.2 Å². The molecule has 0 atom stereocenters. The third kappa shape index (κ3) is 3.51. The lowest BCUT2D eigenvalue weighted by Crippen LogP contribution is -2.05. The number of halogens is 2. The summed E-state index contributed by atoms with van der Waals surface area (Å²) < 4.78 is 7.72. The Morgan fingerprint density at radius 3 is 2.33 bits per heavy atom. The average Bonchev–Trinajstić information content (AvgIpc) is 2.75. The third-order valence-corrected chi connectivity index (χ3v) is 3.52. The molecular weight excluding hydrogens is 311 g/mol. The van der Waals surface area contributed by atoms with Gasteiger partial charge in [-0.2, -0.15) is 5.10 Å². The van der Waals surface area contributed by atoms with Crippen molar-refractivity contribution in [1.29, 1.82) is 0 Å². The van der Waals surface area contributed by atoms with Crippen LogP contribution in [0.15, 0.2) is 18.2 Å². The zero-order valence-electron chi connectivity index (χ0n) is 12.2. The van der Waals surface area contributed by atoms with E-state index < -0.39 is 0 Å². The molecular formula is C15H18Cl2N2O2. The number of benzene rings is 1. The summed E-state index contributed by atoms with van der Waals surface area (Å²) in [4.78, 5) is 0. The lowest BCUT2D eigenvalue weighted by Gasteiger charge is -2.13. The van der Waals surface area contributed by atoms with Gasteiger partial charge in [-0.05, 0) is 38.5 Å². The van der Waals surface area contributed by atoms with Crippen molar-refractivity contribution in [2.24, 2.45) is 0 Å². The molecule has 0 bridgehead atoms. The molecule has 0 aliphatic carbocycles. The SMILES string of the molecule is CCc1c(CO)nn(C(C)C)c1Oc1cc(Cl)cc(Cl)c1. The van der Waals surface area contributed by atoms with Gasteiger partial charge in [0.15, 0.2) is 0 Å². The van der Waals surface area contributed by atoms with Crippen LogP contribution in [0.3, 0.4) is 0 Å². The van der Waals surface area contributed by atoms with Gasteiger partial charge in [0.25, 0.3) is 0 Å². The van der Waals surface area contributed by atoms with E-state index in [-0.39, 0.29) is 12.6 Å². The monoisotopic (exact) mass is 328 g/mol. The average molecular weight is 329 g/mol.